The molecule has 0 aromatic carbocycles. The van der Waals surface area contributed by atoms with Crippen LogP contribution in [0.15, 0.2) is 16.3 Å². The second-order valence-electron chi connectivity index (χ2n) is 5.03. The summed E-state index contributed by atoms with van der Waals surface area (Å²) < 4.78 is 26.4. The number of hydrogen-bond acceptors (Lipinski definition) is 4. The van der Waals surface area contributed by atoms with E-state index in [0.717, 1.165) is 24.3 Å². The van der Waals surface area contributed by atoms with Crippen LogP contribution in [0.2, 0.25) is 0 Å². The van der Waals surface area contributed by atoms with Gasteiger partial charge < -0.3 is 5.32 Å². The average Bonchev–Trinajstić information content (AvgIpc) is 3.05. The molecule has 19 heavy (non-hydrogen) atoms. The van der Waals surface area contributed by atoms with E-state index in [1.807, 2.05) is 13.0 Å². The van der Waals surface area contributed by atoms with Crippen LogP contribution >= 0.6 is 11.3 Å². The van der Waals surface area contributed by atoms with Gasteiger partial charge in [-0.2, -0.15) is 0 Å². The van der Waals surface area contributed by atoms with Crippen molar-refractivity contribution >= 4 is 21.4 Å². The van der Waals surface area contributed by atoms with Gasteiger partial charge in [-0.15, -0.1) is 11.3 Å². The summed E-state index contributed by atoms with van der Waals surface area (Å²) in [6.07, 6.45) is 4.31. The molecule has 0 unspecified atom stereocenters. The Hall–Kier alpha value is -0.430. The molecule has 4 nitrogen and oxygen atoms in total. The molecule has 0 amide bonds. The van der Waals surface area contributed by atoms with Crippen molar-refractivity contribution in [3.05, 3.63) is 17.0 Å². The highest BCUT2D eigenvalue weighted by atomic mass is 32.2. The molecule has 0 bridgehead atoms. The Morgan fingerprint density at radius 2 is 2.16 bits per heavy atom. The topological polar surface area (TPSA) is 49.4 Å². The molecule has 1 saturated carbocycles. The third-order valence-corrected chi connectivity index (χ3v) is 6.69. The maximum atomic E-state index is 12.2. The van der Waals surface area contributed by atoms with E-state index in [0.29, 0.717) is 16.8 Å². The fourth-order valence-corrected chi connectivity index (χ4v) is 4.74. The van der Waals surface area contributed by atoms with E-state index < -0.39 is 10.0 Å². The summed E-state index contributed by atoms with van der Waals surface area (Å²) in [4.78, 5) is 1.14. The van der Waals surface area contributed by atoms with Gasteiger partial charge in [0, 0.05) is 31.1 Å². The molecular weight excluding hydrogens is 280 g/mol. The Balaban J connectivity index is 1.94. The molecular formula is C13H22N2O2S2. The summed E-state index contributed by atoms with van der Waals surface area (Å²) in [6.45, 7) is 3.49. The fourth-order valence-electron chi connectivity index (χ4n) is 1.91. The quantitative estimate of drug-likeness (QED) is 0.800. The van der Waals surface area contributed by atoms with Crippen LogP contribution in [-0.2, 0) is 16.4 Å². The van der Waals surface area contributed by atoms with E-state index in [9.17, 15) is 8.42 Å². The third-order valence-electron chi connectivity index (χ3n) is 3.22. The molecule has 1 N–H and O–H groups in total. The number of rotatable bonds is 8. The first-order chi connectivity index (χ1) is 9.04. The molecule has 1 fully saturated rings. The minimum absolute atomic E-state index is 0.463. The Kier molecular flexibility index (Phi) is 5.00. The van der Waals surface area contributed by atoms with E-state index in [-0.39, 0.29) is 0 Å². The molecule has 2 rings (SSSR count). The SMILES string of the molecule is CCCN(C)S(=O)(=O)c1ccc(CCNC2CC2)s1. The van der Waals surface area contributed by atoms with Gasteiger partial charge in [-0.1, -0.05) is 6.92 Å². The van der Waals surface area contributed by atoms with Gasteiger partial charge in [0.2, 0.25) is 0 Å². The van der Waals surface area contributed by atoms with Crippen molar-refractivity contribution in [2.75, 3.05) is 20.1 Å². The summed E-state index contributed by atoms with van der Waals surface area (Å²) in [5, 5.41) is 3.44. The van der Waals surface area contributed by atoms with Crippen molar-refractivity contribution in [2.45, 2.75) is 42.9 Å². The van der Waals surface area contributed by atoms with Crippen LogP contribution in [0.3, 0.4) is 0 Å². The first-order valence-electron chi connectivity index (χ1n) is 6.82. The van der Waals surface area contributed by atoms with Crippen molar-refractivity contribution in [2.24, 2.45) is 0 Å². The molecule has 6 heteroatoms. The lowest BCUT2D eigenvalue weighted by atomic mass is 10.3. The number of sulfonamides is 1. The van der Waals surface area contributed by atoms with Gasteiger partial charge in [-0.3, -0.25) is 0 Å². The van der Waals surface area contributed by atoms with Crippen molar-refractivity contribution in [1.29, 1.82) is 0 Å². The van der Waals surface area contributed by atoms with E-state index in [1.54, 1.807) is 13.1 Å². The predicted octanol–water partition coefficient (Wildman–Crippen LogP) is 2.07. The Morgan fingerprint density at radius 3 is 2.79 bits per heavy atom. The molecule has 1 heterocycles. The maximum absolute atomic E-state index is 12.2. The lowest BCUT2D eigenvalue weighted by Crippen LogP contribution is -2.26. The van der Waals surface area contributed by atoms with E-state index in [1.165, 1.54) is 28.5 Å². The summed E-state index contributed by atoms with van der Waals surface area (Å²) in [5.41, 5.74) is 0. The Morgan fingerprint density at radius 1 is 1.42 bits per heavy atom. The zero-order chi connectivity index (χ0) is 13.9. The normalized spacial score (nSPS) is 16.2. The molecule has 1 aliphatic carbocycles. The first-order valence-corrected chi connectivity index (χ1v) is 9.08. The van der Waals surface area contributed by atoms with Crippen LogP contribution in [0.1, 0.15) is 31.1 Å². The smallest absolute Gasteiger partial charge is 0.252 e. The van der Waals surface area contributed by atoms with E-state index in [4.69, 9.17) is 0 Å². The van der Waals surface area contributed by atoms with Crippen molar-refractivity contribution in [3.8, 4) is 0 Å². The standard InChI is InChI=1S/C13H22N2O2S2/c1-3-10-15(2)19(16,17)13-7-6-12(18-13)8-9-14-11-4-5-11/h6-7,11,14H,3-5,8-10H2,1-2H3. The van der Waals surface area contributed by atoms with Gasteiger partial charge >= 0.3 is 0 Å². The summed E-state index contributed by atoms with van der Waals surface area (Å²) in [6, 6.07) is 4.38. The summed E-state index contributed by atoms with van der Waals surface area (Å²) in [7, 11) is -1.63. The fraction of sp³-hybridized carbons (Fsp3) is 0.692. The largest absolute Gasteiger partial charge is 0.314 e. The average molecular weight is 302 g/mol. The van der Waals surface area contributed by atoms with E-state index >= 15 is 0 Å². The van der Waals surface area contributed by atoms with E-state index in [2.05, 4.69) is 5.32 Å². The van der Waals surface area contributed by atoms with Crippen LogP contribution in [0.5, 0.6) is 0 Å². The van der Waals surface area contributed by atoms with Crippen LogP contribution in [-0.4, -0.2) is 38.9 Å². The second-order valence-corrected chi connectivity index (χ2v) is 8.47. The highest BCUT2D eigenvalue weighted by molar-refractivity contribution is 7.91. The zero-order valence-corrected chi connectivity index (χ0v) is 13.2. The highest BCUT2D eigenvalue weighted by Crippen LogP contribution is 2.25. The minimum atomic E-state index is -3.28. The number of thiophene rings is 1. The van der Waals surface area contributed by atoms with Crippen molar-refractivity contribution in [3.63, 3.8) is 0 Å². The molecule has 108 valence electrons. The lowest BCUT2D eigenvalue weighted by molar-refractivity contribution is 0.470. The summed E-state index contributed by atoms with van der Waals surface area (Å²) >= 11 is 1.40. The Bertz CT molecular complexity index is 506. The van der Waals surface area contributed by atoms with Gasteiger partial charge in [-0.05, 0) is 37.8 Å². The zero-order valence-electron chi connectivity index (χ0n) is 11.6. The summed E-state index contributed by atoms with van der Waals surface area (Å²) in [5.74, 6) is 0. The molecule has 1 aliphatic rings. The maximum Gasteiger partial charge on any atom is 0.252 e. The van der Waals surface area contributed by atoms with Crippen molar-refractivity contribution < 1.29 is 8.42 Å². The molecule has 0 aliphatic heterocycles. The lowest BCUT2D eigenvalue weighted by Gasteiger charge is -2.14. The van der Waals surface area contributed by atoms with Crippen LogP contribution in [0.25, 0.3) is 0 Å². The first kappa shape index (κ1) is 15.0. The third kappa shape index (κ3) is 4.02. The van der Waals surface area contributed by atoms with Crippen LogP contribution in [0, 0.1) is 0 Å². The van der Waals surface area contributed by atoms with Crippen LogP contribution in [0.4, 0.5) is 0 Å². The molecule has 0 saturated heterocycles. The Labute approximate surface area is 119 Å². The number of nitrogens with one attached hydrogen (secondary N) is 1. The monoisotopic (exact) mass is 302 g/mol. The number of hydrogen-bond donors (Lipinski definition) is 1. The molecule has 0 radical (unpaired) electrons. The molecule has 0 atom stereocenters. The minimum Gasteiger partial charge on any atom is -0.314 e. The van der Waals surface area contributed by atoms with Gasteiger partial charge in [-0.25, -0.2) is 12.7 Å². The predicted molar refractivity (Wildman–Crippen MR) is 79.2 cm³/mol. The van der Waals surface area contributed by atoms with Crippen molar-refractivity contribution in [1.82, 2.24) is 9.62 Å². The number of nitrogens with zero attached hydrogens (tertiary/aromatic N) is 1. The van der Waals surface area contributed by atoms with Gasteiger partial charge in [0.1, 0.15) is 4.21 Å². The second kappa shape index (κ2) is 6.35. The van der Waals surface area contributed by atoms with Gasteiger partial charge in [0.05, 0.1) is 0 Å². The molecule has 0 spiro atoms. The molecule has 1 aromatic rings. The molecule has 1 aromatic heterocycles. The van der Waals surface area contributed by atoms with Crippen LogP contribution < -0.4 is 5.32 Å². The highest BCUT2D eigenvalue weighted by Gasteiger charge is 2.22. The van der Waals surface area contributed by atoms with Gasteiger partial charge in [0.15, 0.2) is 0 Å². The van der Waals surface area contributed by atoms with Gasteiger partial charge in [0.25, 0.3) is 10.0 Å².